The Bertz CT molecular complexity index is 698. The summed E-state index contributed by atoms with van der Waals surface area (Å²) in [5.41, 5.74) is 0.798. The van der Waals surface area contributed by atoms with Crippen LogP contribution in [0.3, 0.4) is 0 Å². The van der Waals surface area contributed by atoms with Crippen LogP contribution < -0.4 is 10.1 Å². The molecule has 2 rings (SSSR count). The molecular weight excluding hydrogens is 318 g/mol. The molecular formula is C14H13F4N3O2. The molecule has 0 saturated carbocycles. The van der Waals surface area contributed by atoms with Crippen LogP contribution in [-0.4, -0.2) is 28.5 Å². The zero-order chi connectivity index (χ0) is 17.0. The number of hydrogen-bond acceptors (Lipinski definition) is 3. The van der Waals surface area contributed by atoms with Gasteiger partial charge in [0.25, 0.3) is 0 Å². The van der Waals surface area contributed by atoms with E-state index in [1.807, 2.05) is 0 Å². The van der Waals surface area contributed by atoms with Crippen molar-refractivity contribution in [2.24, 2.45) is 7.05 Å². The van der Waals surface area contributed by atoms with Crippen LogP contribution in [0.15, 0.2) is 30.6 Å². The lowest BCUT2D eigenvalue weighted by atomic mass is 10.2. The minimum absolute atomic E-state index is 0.0434. The van der Waals surface area contributed by atoms with E-state index < -0.39 is 30.3 Å². The standard InChI is InChI=1S/C14H13F4N3O2/c1-21-7-9(6-19-21)4-13(22)20-10-2-3-12(11(15)5-10)23-8-14(16,17)18/h2-3,5-7H,4,8H2,1H3,(H,20,22). The lowest BCUT2D eigenvalue weighted by molar-refractivity contribution is -0.153. The van der Waals surface area contributed by atoms with Crippen LogP contribution in [0.5, 0.6) is 5.75 Å². The lowest BCUT2D eigenvalue weighted by Gasteiger charge is -2.11. The molecule has 2 aromatic rings. The molecule has 1 amide bonds. The Balaban J connectivity index is 1.95. The van der Waals surface area contributed by atoms with Crippen LogP contribution in [0.1, 0.15) is 5.56 Å². The molecule has 0 saturated heterocycles. The largest absolute Gasteiger partial charge is 0.481 e. The highest BCUT2D eigenvalue weighted by atomic mass is 19.4. The molecule has 0 aliphatic heterocycles. The third kappa shape index (κ3) is 5.28. The second kappa shape index (κ2) is 6.67. The van der Waals surface area contributed by atoms with Crippen molar-refractivity contribution in [3.05, 3.63) is 42.0 Å². The van der Waals surface area contributed by atoms with Gasteiger partial charge in [-0.2, -0.15) is 18.3 Å². The Morgan fingerprint density at radius 3 is 2.70 bits per heavy atom. The first-order valence-electron chi connectivity index (χ1n) is 6.49. The molecule has 0 atom stereocenters. The number of carbonyl (C=O) groups is 1. The topological polar surface area (TPSA) is 56.2 Å². The molecule has 0 aliphatic rings. The fourth-order valence-corrected chi connectivity index (χ4v) is 1.81. The second-order valence-electron chi connectivity index (χ2n) is 4.80. The van der Waals surface area contributed by atoms with Crippen molar-refractivity contribution in [3.8, 4) is 5.75 Å². The van der Waals surface area contributed by atoms with E-state index in [9.17, 15) is 22.4 Å². The Kier molecular flexibility index (Phi) is 4.87. The van der Waals surface area contributed by atoms with E-state index in [-0.39, 0.29) is 12.1 Å². The average Bonchev–Trinajstić information content (AvgIpc) is 2.82. The van der Waals surface area contributed by atoms with Crippen LogP contribution in [0, 0.1) is 5.82 Å². The molecule has 124 valence electrons. The number of aryl methyl sites for hydroxylation is 1. The average molecular weight is 331 g/mol. The van der Waals surface area contributed by atoms with E-state index >= 15 is 0 Å². The van der Waals surface area contributed by atoms with E-state index in [0.717, 1.165) is 12.1 Å². The van der Waals surface area contributed by atoms with Crippen molar-refractivity contribution >= 4 is 11.6 Å². The summed E-state index contributed by atoms with van der Waals surface area (Å²) >= 11 is 0. The van der Waals surface area contributed by atoms with Crippen molar-refractivity contribution in [3.63, 3.8) is 0 Å². The maximum Gasteiger partial charge on any atom is 0.422 e. The van der Waals surface area contributed by atoms with E-state index in [0.29, 0.717) is 5.56 Å². The van der Waals surface area contributed by atoms with Gasteiger partial charge < -0.3 is 10.1 Å². The number of anilines is 1. The van der Waals surface area contributed by atoms with Crippen LogP contribution in [0.2, 0.25) is 0 Å². The molecule has 23 heavy (non-hydrogen) atoms. The van der Waals surface area contributed by atoms with Crippen LogP contribution in [-0.2, 0) is 18.3 Å². The van der Waals surface area contributed by atoms with Crippen molar-refractivity contribution in [1.29, 1.82) is 0 Å². The Morgan fingerprint density at radius 2 is 2.13 bits per heavy atom. The lowest BCUT2D eigenvalue weighted by Crippen LogP contribution is -2.19. The van der Waals surface area contributed by atoms with Crippen LogP contribution >= 0.6 is 0 Å². The minimum atomic E-state index is -4.55. The summed E-state index contributed by atoms with van der Waals surface area (Å²) in [6.07, 6.45) is -1.33. The summed E-state index contributed by atoms with van der Waals surface area (Å²) in [5.74, 6) is -1.93. The number of rotatable bonds is 5. The van der Waals surface area contributed by atoms with Gasteiger partial charge in [0.15, 0.2) is 18.2 Å². The van der Waals surface area contributed by atoms with Gasteiger partial charge in [-0.05, 0) is 17.7 Å². The molecule has 1 heterocycles. The number of amides is 1. The summed E-state index contributed by atoms with van der Waals surface area (Å²) in [5, 5.41) is 6.36. The monoisotopic (exact) mass is 331 g/mol. The normalized spacial score (nSPS) is 11.3. The van der Waals surface area contributed by atoms with Gasteiger partial charge in [0.2, 0.25) is 5.91 Å². The smallest absolute Gasteiger partial charge is 0.422 e. The molecule has 0 bridgehead atoms. The molecule has 0 fully saturated rings. The predicted octanol–water partition coefficient (Wildman–Crippen LogP) is 2.68. The maximum atomic E-state index is 13.6. The highest BCUT2D eigenvalue weighted by Crippen LogP contribution is 2.24. The van der Waals surface area contributed by atoms with E-state index in [1.165, 1.54) is 16.9 Å². The first-order valence-corrected chi connectivity index (χ1v) is 6.49. The number of halogens is 4. The van der Waals surface area contributed by atoms with Crippen molar-refractivity contribution in [2.75, 3.05) is 11.9 Å². The third-order valence-electron chi connectivity index (χ3n) is 2.73. The molecule has 5 nitrogen and oxygen atoms in total. The molecule has 0 radical (unpaired) electrons. The van der Waals surface area contributed by atoms with E-state index in [4.69, 9.17) is 0 Å². The molecule has 1 N–H and O–H groups in total. The Morgan fingerprint density at radius 1 is 1.39 bits per heavy atom. The highest BCUT2D eigenvalue weighted by Gasteiger charge is 2.28. The highest BCUT2D eigenvalue weighted by molar-refractivity contribution is 5.92. The molecule has 0 spiro atoms. The summed E-state index contributed by atoms with van der Waals surface area (Å²) in [6, 6.07) is 3.18. The number of benzene rings is 1. The van der Waals surface area contributed by atoms with Crippen LogP contribution in [0.25, 0.3) is 0 Å². The zero-order valence-corrected chi connectivity index (χ0v) is 12.0. The van der Waals surface area contributed by atoms with Gasteiger partial charge in [-0.15, -0.1) is 0 Å². The number of carbonyl (C=O) groups excluding carboxylic acids is 1. The number of ether oxygens (including phenoxy) is 1. The number of alkyl halides is 3. The fourth-order valence-electron chi connectivity index (χ4n) is 1.81. The number of hydrogen-bond donors (Lipinski definition) is 1. The summed E-state index contributed by atoms with van der Waals surface area (Å²) in [4.78, 5) is 11.8. The maximum absolute atomic E-state index is 13.6. The summed E-state index contributed by atoms with van der Waals surface area (Å²) in [6.45, 7) is -1.59. The Hall–Kier alpha value is -2.58. The molecule has 1 aromatic carbocycles. The molecule has 0 unspecified atom stereocenters. The quantitative estimate of drug-likeness (QED) is 0.857. The van der Waals surface area contributed by atoms with E-state index in [1.54, 1.807) is 13.2 Å². The number of aromatic nitrogens is 2. The zero-order valence-electron chi connectivity index (χ0n) is 12.0. The minimum Gasteiger partial charge on any atom is -0.481 e. The second-order valence-corrected chi connectivity index (χ2v) is 4.80. The van der Waals surface area contributed by atoms with Gasteiger partial charge in [0.1, 0.15) is 0 Å². The van der Waals surface area contributed by atoms with Crippen molar-refractivity contribution in [1.82, 2.24) is 9.78 Å². The van der Waals surface area contributed by atoms with Gasteiger partial charge >= 0.3 is 6.18 Å². The summed E-state index contributed by atoms with van der Waals surface area (Å²) < 4.78 is 55.6. The molecule has 0 aliphatic carbocycles. The van der Waals surface area contributed by atoms with Gasteiger partial charge in [0, 0.05) is 25.0 Å². The number of nitrogens with one attached hydrogen (secondary N) is 1. The SMILES string of the molecule is Cn1cc(CC(=O)Nc2ccc(OCC(F)(F)F)c(F)c2)cn1. The van der Waals surface area contributed by atoms with Gasteiger partial charge in [-0.1, -0.05) is 0 Å². The van der Waals surface area contributed by atoms with E-state index in [2.05, 4.69) is 15.2 Å². The number of nitrogens with zero attached hydrogens (tertiary/aromatic N) is 2. The van der Waals surface area contributed by atoms with Crippen molar-refractivity contribution in [2.45, 2.75) is 12.6 Å². The Labute approximate surface area is 128 Å². The third-order valence-corrected chi connectivity index (χ3v) is 2.73. The molecule has 1 aromatic heterocycles. The first kappa shape index (κ1) is 16.8. The first-order chi connectivity index (χ1) is 10.7. The molecule has 9 heteroatoms. The van der Waals surface area contributed by atoms with Gasteiger partial charge in [0.05, 0.1) is 12.6 Å². The van der Waals surface area contributed by atoms with Crippen LogP contribution in [0.4, 0.5) is 23.2 Å². The summed E-state index contributed by atoms with van der Waals surface area (Å²) in [7, 11) is 1.70. The van der Waals surface area contributed by atoms with Gasteiger partial charge in [-0.3, -0.25) is 9.48 Å². The van der Waals surface area contributed by atoms with Gasteiger partial charge in [-0.25, -0.2) is 4.39 Å². The van der Waals surface area contributed by atoms with Crippen molar-refractivity contribution < 1.29 is 27.1 Å². The predicted molar refractivity (Wildman–Crippen MR) is 73.5 cm³/mol. The fraction of sp³-hybridized carbons (Fsp3) is 0.286.